The van der Waals surface area contributed by atoms with E-state index in [4.69, 9.17) is 26.1 Å². The van der Waals surface area contributed by atoms with Crippen LogP contribution in [0.1, 0.15) is 24.2 Å². The van der Waals surface area contributed by atoms with Crippen molar-refractivity contribution >= 4 is 29.2 Å². The Hall–Kier alpha value is -3.41. The number of rotatable bonds is 6. The number of methoxy groups -OCH3 is 1. The Balaban J connectivity index is 1.62. The van der Waals surface area contributed by atoms with Crippen LogP contribution in [0.25, 0.3) is 11.3 Å². The Kier molecular flexibility index (Phi) is 8.13. The van der Waals surface area contributed by atoms with Crippen LogP contribution in [0.2, 0.25) is 5.02 Å². The number of ether oxygens (including phenoxy) is 2. The first-order chi connectivity index (χ1) is 19.6. The lowest BCUT2D eigenvalue weighted by Crippen LogP contribution is -2.60. The number of amides is 2. The van der Waals surface area contributed by atoms with Crippen LogP contribution >= 0.6 is 11.6 Å². The van der Waals surface area contributed by atoms with E-state index >= 15 is 4.39 Å². The van der Waals surface area contributed by atoms with Crippen molar-refractivity contribution in [2.24, 2.45) is 0 Å². The molecule has 2 aromatic rings. The predicted octanol–water partition coefficient (Wildman–Crippen LogP) is 3.03. The third-order valence-electron chi connectivity index (χ3n) is 8.11. The number of pyridine rings is 1. The van der Waals surface area contributed by atoms with Gasteiger partial charge in [-0.15, -0.1) is 0 Å². The van der Waals surface area contributed by atoms with E-state index in [-0.39, 0.29) is 63.8 Å². The lowest BCUT2D eigenvalue weighted by Gasteiger charge is -2.48. The average Bonchev–Trinajstić information content (AvgIpc) is 3.09. The number of nitrogens with zero attached hydrogens (tertiary/aromatic N) is 5. The van der Waals surface area contributed by atoms with Gasteiger partial charge < -0.3 is 29.3 Å². The van der Waals surface area contributed by atoms with Gasteiger partial charge in [0, 0.05) is 58.5 Å². The minimum atomic E-state index is -0.703. The number of halogens is 2. The molecule has 0 spiro atoms. The molecule has 2 amide bonds. The Labute approximate surface area is 243 Å². The van der Waals surface area contributed by atoms with Crippen LogP contribution in [0.5, 0.6) is 11.5 Å². The van der Waals surface area contributed by atoms with Gasteiger partial charge in [0.25, 0.3) is 5.91 Å². The van der Waals surface area contributed by atoms with E-state index in [0.717, 1.165) is 6.54 Å². The number of fused-ring (bicyclic) bond motifs is 2. The SMILES string of the molecule is C=CC(=O)N1CCN2C(=O)c3c(N4CCN(CCOC)C(C)(C)C4)nc(-c4c(O)cccc4F)c(Cl)c3OC[C@H]2C1. The highest BCUT2D eigenvalue weighted by Crippen LogP contribution is 2.46. The van der Waals surface area contributed by atoms with Gasteiger partial charge in [0.15, 0.2) is 5.75 Å². The molecule has 2 saturated heterocycles. The fourth-order valence-electron chi connectivity index (χ4n) is 5.90. The molecule has 0 unspecified atom stereocenters. The van der Waals surface area contributed by atoms with E-state index in [1.807, 2.05) is 4.90 Å². The second-order valence-corrected chi connectivity index (χ2v) is 11.5. The smallest absolute Gasteiger partial charge is 0.261 e. The largest absolute Gasteiger partial charge is 0.507 e. The summed E-state index contributed by atoms with van der Waals surface area (Å²) in [5.74, 6) is -1.16. The number of phenols is 1. The second kappa shape index (κ2) is 11.5. The number of phenolic OH excluding ortho intramolecular Hbond substituents is 1. The lowest BCUT2D eigenvalue weighted by atomic mass is 9.97. The highest BCUT2D eigenvalue weighted by Gasteiger charge is 2.42. The summed E-state index contributed by atoms with van der Waals surface area (Å²) in [5, 5.41) is 10.6. The molecule has 4 heterocycles. The molecule has 0 saturated carbocycles. The summed E-state index contributed by atoms with van der Waals surface area (Å²) in [5.41, 5.74) is -0.284. The van der Waals surface area contributed by atoms with Crippen molar-refractivity contribution in [2.45, 2.75) is 25.4 Å². The first-order valence-electron chi connectivity index (χ1n) is 13.6. The topological polar surface area (TPSA) is 98.7 Å². The summed E-state index contributed by atoms with van der Waals surface area (Å²) >= 11 is 6.83. The van der Waals surface area contributed by atoms with Crippen LogP contribution < -0.4 is 9.64 Å². The molecule has 10 nitrogen and oxygen atoms in total. The summed E-state index contributed by atoms with van der Waals surface area (Å²) in [6.07, 6.45) is 1.25. The molecule has 3 aliphatic rings. The lowest BCUT2D eigenvalue weighted by molar-refractivity contribution is -0.128. The Bertz CT molecular complexity index is 1350. The third kappa shape index (κ3) is 5.33. The third-order valence-corrected chi connectivity index (χ3v) is 8.46. The minimum Gasteiger partial charge on any atom is -0.507 e. The fraction of sp³-hybridized carbons (Fsp3) is 0.483. The van der Waals surface area contributed by atoms with Crippen LogP contribution in [-0.4, -0.2) is 114 Å². The summed E-state index contributed by atoms with van der Waals surface area (Å²) in [4.78, 5) is 39.0. The van der Waals surface area contributed by atoms with Gasteiger partial charge in [-0.25, -0.2) is 9.37 Å². The molecule has 2 fully saturated rings. The molecule has 0 bridgehead atoms. The second-order valence-electron chi connectivity index (χ2n) is 11.1. The molecule has 1 aromatic heterocycles. The van der Waals surface area contributed by atoms with E-state index in [1.54, 1.807) is 16.9 Å². The fourth-order valence-corrected chi connectivity index (χ4v) is 6.19. The molecule has 1 N–H and O–H groups in total. The molecular formula is C29H35ClFN5O5. The number of carbonyl (C=O) groups is 2. The normalized spacial score (nSPS) is 20.7. The molecule has 0 aliphatic carbocycles. The van der Waals surface area contributed by atoms with Crippen LogP contribution in [0.4, 0.5) is 10.2 Å². The number of aromatic nitrogens is 1. The Morgan fingerprint density at radius 3 is 2.76 bits per heavy atom. The summed E-state index contributed by atoms with van der Waals surface area (Å²) < 4.78 is 26.6. The molecule has 12 heteroatoms. The Morgan fingerprint density at radius 1 is 1.29 bits per heavy atom. The van der Waals surface area contributed by atoms with Gasteiger partial charge in [-0.1, -0.05) is 24.2 Å². The number of aromatic hydroxyl groups is 1. The quantitative estimate of drug-likeness (QED) is 0.515. The predicted molar refractivity (Wildman–Crippen MR) is 153 cm³/mol. The summed E-state index contributed by atoms with van der Waals surface area (Å²) in [6.45, 7) is 11.8. The molecule has 1 aromatic carbocycles. The number of carbonyl (C=O) groups excluding carboxylic acids is 2. The standard InChI is InChI=1S/C29H35ClFN5O5/c1-5-21(38)33-10-12-36-18(15-33)16-41-26-23(28(36)39)27(34-9-11-35(13-14-40-4)29(2,3)17-34)32-25(24(26)30)22-19(31)7-6-8-20(22)37/h5-8,18,37H,1,9-17H2,2-4H3/t18-/m1/s1. The molecule has 0 radical (unpaired) electrons. The van der Waals surface area contributed by atoms with Crippen molar-refractivity contribution < 1.29 is 28.6 Å². The number of piperazine rings is 2. The highest BCUT2D eigenvalue weighted by molar-refractivity contribution is 6.35. The van der Waals surface area contributed by atoms with Gasteiger partial charge in [-0.2, -0.15) is 0 Å². The van der Waals surface area contributed by atoms with Crippen molar-refractivity contribution in [1.82, 2.24) is 19.7 Å². The van der Waals surface area contributed by atoms with Crippen molar-refractivity contribution in [3.05, 3.63) is 47.3 Å². The maximum absolute atomic E-state index is 15.1. The van der Waals surface area contributed by atoms with Crippen molar-refractivity contribution in [2.75, 3.05) is 71.0 Å². The monoisotopic (exact) mass is 587 g/mol. The van der Waals surface area contributed by atoms with Gasteiger partial charge in [-0.05, 0) is 32.1 Å². The van der Waals surface area contributed by atoms with E-state index < -0.39 is 11.9 Å². The van der Waals surface area contributed by atoms with E-state index in [2.05, 4.69) is 25.3 Å². The molecule has 1 atom stereocenters. The number of benzene rings is 1. The van der Waals surface area contributed by atoms with Crippen molar-refractivity contribution in [1.29, 1.82) is 0 Å². The van der Waals surface area contributed by atoms with Gasteiger partial charge in [0.2, 0.25) is 5.91 Å². The van der Waals surface area contributed by atoms with Crippen LogP contribution in [0.3, 0.4) is 0 Å². The zero-order valence-electron chi connectivity index (χ0n) is 23.5. The first-order valence-corrected chi connectivity index (χ1v) is 14.0. The molecule has 41 heavy (non-hydrogen) atoms. The van der Waals surface area contributed by atoms with Crippen LogP contribution in [0.15, 0.2) is 30.9 Å². The molecular weight excluding hydrogens is 553 g/mol. The van der Waals surface area contributed by atoms with Gasteiger partial charge >= 0.3 is 0 Å². The average molecular weight is 588 g/mol. The van der Waals surface area contributed by atoms with E-state index in [1.165, 1.54) is 24.3 Å². The molecule has 220 valence electrons. The highest BCUT2D eigenvalue weighted by atomic mass is 35.5. The van der Waals surface area contributed by atoms with E-state index in [0.29, 0.717) is 45.1 Å². The minimum absolute atomic E-state index is 0.00762. The van der Waals surface area contributed by atoms with E-state index in [9.17, 15) is 14.7 Å². The number of hydrogen-bond acceptors (Lipinski definition) is 8. The molecule has 5 rings (SSSR count). The summed E-state index contributed by atoms with van der Waals surface area (Å²) in [6, 6.07) is 3.54. The van der Waals surface area contributed by atoms with Crippen LogP contribution in [0, 0.1) is 5.82 Å². The Morgan fingerprint density at radius 2 is 2.07 bits per heavy atom. The molecule has 3 aliphatic heterocycles. The maximum atomic E-state index is 15.1. The zero-order chi connectivity index (χ0) is 29.5. The number of hydrogen-bond donors (Lipinski definition) is 1. The van der Waals surface area contributed by atoms with Gasteiger partial charge in [0.05, 0.1) is 18.2 Å². The van der Waals surface area contributed by atoms with Gasteiger partial charge in [-0.3, -0.25) is 14.5 Å². The van der Waals surface area contributed by atoms with Crippen molar-refractivity contribution in [3.8, 4) is 22.8 Å². The van der Waals surface area contributed by atoms with Gasteiger partial charge in [0.1, 0.15) is 40.3 Å². The first kappa shape index (κ1) is 29.1. The zero-order valence-corrected chi connectivity index (χ0v) is 24.3. The summed E-state index contributed by atoms with van der Waals surface area (Å²) in [7, 11) is 1.67. The maximum Gasteiger partial charge on any atom is 0.261 e. The van der Waals surface area contributed by atoms with Crippen molar-refractivity contribution in [3.63, 3.8) is 0 Å². The van der Waals surface area contributed by atoms with Crippen LogP contribution in [-0.2, 0) is 9.53 Å². The number of anilines is 1.